The second-order valence-corrected chi connectivity index (χ2v) is 7.78. The third-order valence-electron chi connectivity index (χ3n) is 5.66. The van der Waals surface area contributed by atoms with Crippen molar-refractivity contribution >= 4 is 16.9 Å². The topological polar surface area (TPSA) is 41.6 Å². The predicted octanol–water partition coefficient (Wildman–Crippen LogP) is 5.29. The lowest BCUT2D eigenvalue weighted by atomic mass is 9.98. The molecule has 1 amide bonds. The molecule has 1 heterocycles. The Hall–Kier alpha value is -2.85. The van der Waals surface area contributed by atoms with Gasteiger partial charge in [0.2, 0.25) is 0 Å². The van der Waals surface area contributed by atoms with E-state index in [2.05, 4.69) is 54.7 Å². The lowest BCUT2D eigenvalue weighted by molar-refractivity contribution is 0.0823. The number of fused-ring (bicyclic) bond motifs is 1. The van der Waals surface area contributed by atoms with Gasteiger partial charge in [0.05, 0.1) is 0 Å². The van der Waals surface area contributed by atoms with Crippen LogP contribution in [0.5, 0.6) is 0 Å². The summed E-state index contributed by atoms with van der Waals surface area (Å²) in [5.41, 5.74) is 2.31. The van der Waals surface area contributed by atoms with E-state index in [0.717, 1.165) is 24.9 Å². The summed E-state index contributed by atoms with van der Waals surface area (Å²) >= 11 is 0. The van der Waals surface area contributed by atoms with Crippen LogP contribution in [0, 0.1) is 0 Å². The molecule has 4 nitrogen and oxygen atoms in total. The van der Waals surface area contributed by atoms with Crippen molar-refractivity contribution in [2.45, 2.75) is 38.5 Å². The third-order valence-corrected chi connectivity index (χ3v) is 5.66. The number of nitrogens with zero attached hydrogens (tertiary/aromatic N) is 1. The molecule has 0 aromatic heterocycles. The fourth-order valence-electron chi connectivity index (χ4n) is 4.16. The van der Waals surface area contributed by atoms with Crippen LogP contribution in [-0.2, 0) is 11.3 Å². The highest BCUT2D eigenvalue weighted by molar-refractivity contribution is 5.86. The molecule has 0 saturated carbocycles. The van der Waals surface area contributed by atoms with Crippen molar-refractivity contribution in [3.05, 3.63) is 83.9 Å². The molecule has 0 spiro atoms. The largest absolute Gasteiger partial charge is 0.445 e. The quantitative estimate of drug-likeness (QED) is 0.645. The van der Waals surface area contributed by atoms with E-state index in [9.17, 15) is 4.79 Å². The number of amides is 1. The highest BCUT2D eigenvalue weighted by atomic mass is 16.6. The molecule has 1 unspecified atom stereocenters. The first-order valence-electron chi connectivity index (χ1n) is 10.4. The van der Waals surface area contributed by atoms with Crippen molar-refractivity contribution in [2.75, 3.05) is 13.1 Å². The average Bonchev–Trinajstić information content (AvgIpc) is 2.78. The minimum absolute atomic E-state index is 0.214. The van der Waals surface area contributed by atoms with E-state index in [1.165, 1.54) is 16.3 Å². The molecule has 1 aliphatic rings. The summed E-state index contributed by atoms with van der Waals surface area (Å²) in [6, 6.07) is 25.2. The van der Waals surface area contributed by atoms with Crippen LogP contribution in [0.25, 0.3) is 10.8 Å². The Morgan fingerprint density at radius 3 is 2.69 bits per heavy atom. The summed E-state index contributed by atoms with van der Waals surface area (Å²) in [5, 5.41) is 6.28. The molecule has 4 heteroatoms. The molecule has 29 heavy (non-hydrogen) atoms. The van der Waals surface area contributed by atoms with E-state index in [-0.39, 0.29) is 18.2 Å². The van der Waals surface area contributed by atoms with Gasteiger partial charge in [-0.1, -0.05) is 72.8 Å². The lowest BCUT2D eigenvalue weighted by Gasteiger charge is -2.34. The van der Waals surface area contributed by atoms with Crippen molar-refractivity contribution in [3.63, 3.8) is 0 Å². The third kappa shape index (κ3) is 4.77. The maximum absolute atomic E-state index is 12.5. The number of rotatable bonds is 5. The van der Waals surface area contributed by atoms with Crippen LogP contribution in [0.3, 0.4) is 0 Å². The van der Waals surface area contributed by atoms with E-state index in [1.54, 1.807) is 0 Å². The summed E-state index contributed by atoms with van der Waals surface area (Å²) < 4.78 is 5.52. The molecule has 150 valence electrons. The molecular weight excluding hydrogens is 360 g/mol. The van der Waals surface area contributed by atoms with Gasteiger partial charge in [-0.25, -0.2) is 4.79 Å². The summed E-state index contributed by atoms with van der Waals surface area (Å²) in [6.45, 7) is 3.96. The predicted molar refractivity (Wildman–Crippen MR) is 117 cm³/mol. The molecule has 0 aliphatic carbocycles. The summed E-state index contributed by atoms with van der Waals surface area (Å²) in [6.07, 6.45) is 1.83. The van der Waals surface area contributed by atoms with Gasteiger partial charge in [-0.2, -0.15) is 0 Å². The van der Waals surface area contributed by atoms with Gasteiger partial charge in [0, 0.05) is 25.2 Å². The molecular formula is C25H28N2O2. The molecule has 3 aromatic carbocycles. The number of carbonyl (C=O) groups excluding carboxylic acids is 1. The maximum Gasteiger partial charge on any atom is 0.410 e. The Bertz CT molecular complexity index is 952. The van der Waals surface area contributed by atoms with Crippen LogP contribution in [0.2, 0.25) is 0 Å². The van der Waals surface area contributed by atoms with Crippen molar-refractivity contribution in [1.82, 2.24) is 10.2 Å². The number of ether oxygens (including phenoxy) is 1. The molecule has 0 radical (unpaired) electrons. The van der Waals surface area contributed by atoms with Crippen LogP contribution >= 0.6 is 0 Å². The van der Waals surface area contributed by atoms with E-state index in [0.29, 0.717) is 13.2 Å². The second kappa shape index (κ2) is 9.10. The van der Waals surface area contributed by atoms with Crippen molar-refractivity contribution in [1.29, 1.82) is 0 Å². The Morgan fingerprint density at radius 1 is 1.07 bits per heavy atom. The Morgan fingerprint density at radius 2 is 1.83 bits per heavy atom. The zero-order valence-corrected chi connectivity index (χ0v) is 16.9. The summed E-state index contributed by atoms with van der Waals surface area (Å²) in [7, 11) is 0. The molecule has 1 aliphatic heterocycles. The van der Waals surface area contributed by atoms with Crippen molar-refractivity contribution in [3.8, 4) is 0 Å². The van der Waals surface area contributed by atoms with Crippen LogP contribution < -0.4 is 5.32 Å². The van der Waals surface area contributed by atoms with E-state index in [4.69, 9.17) is 4.74 Å². The van der Waals surface area contributed by atoms with Crippen LogP contribution in [0.4, 0.5) is 4.79 Å². The number of piperidine rings is 1. The van der Waals surface area contributed by atoms with Crippen molar-refractivity contribution in [2.24, 2.45) is 0 Å². The van der Waals surface area contributed by atoms with E-state index < -0.39 is 0 Å². The van der Waals surface area contributed by atoms with Crippen molar-refractivity contribution < 1.29 is 9.53 Å². The van der Waals surface area contributed by atoms with Gasteiger partial charge in [0.25, 0.3) is 0 Å². The SMILES string of the molecule is C[C@@H](NC1CCCN(C(=O)OCc2ccccc2)C1)c1cccc2ccccc12. The number of hydrogen-bond acceptors (Lipinski definition) is 3. The Kier molecular flexibility index (Phi) is 6.11. The number of nitrogens with one attached hydrogen (secondary N) is 1. The van der Waals surface area contributed by atoms with Crippen LogP contribution in [0.15, 0.2) is 72.8 Å². The Balaban J connectivity index is 1.36. The monoisotopic (exact) mass is 388 g/mol. The maximum atomic E-state index is 12.5. The molecule has 1 saturated heterocycles. The van der Waals surface area contributed by atoms with Gasteiger partial charge in [-0.15, -0.1) is 0 Å². The van der Waals surface area contributed by atoms with Crippen LogP contribution in [0.1, 0.15) is 36.9 Å². The standard InChI is InChI=1S/C25H28N2O2/c1-19(23-15-7-12-21-11-5-6-14-24(21)23)26-22-13-8-16-27(17-22)25(28)29-18-20-9-3-2-4-10-20/h2-7,9-12,14-15,19,22,26H,8,13,16-18H2,1H3/t19-,22?/m1/s1. The number of benzene rings is 3. The minimum Gasteiger partial charge on any atom is -0.445 e. The van der Waals surface area contributed by atoms with Gasteiger partial charge in [0.15, 0.2) is 0 Å². The second-order valence-electron chi connectivity index (χ2n) is 7.78. The highest BCUT2D eigenvalue weighted by Gasteiger charge is 2.26. The number of hydrogen-bond donors (Lipinski definition) is 1. The Labute approximate surface area is 172 Å². The molecule has 2 atom stereocenters. The highest BCUT2D eigenvalue weighted by Crippen LogP contribution is 2.25. The van der Waals surface area contributed by atoms with Crippen LogP contribution in [-0.4, -0.2) is 30.1 Å². The van der Waals surface area contributed by atoms with Gasteiger partial charge < -0.3 is 15.0 Å². The first-order chi connectivity index (χ1) is 14.2. The minimum atomic E-state index is -0.224. The summed E-state index contributed by atoms with van der Waals surface area (Å²) in [5.74, 6) is 0. The first-order valence-corrected chi connectivity index (χ1v) is 10.4. The zero-order chi connectivity index (χ0) is 20.1. The zero-order valence-electron chi connectivity index (χ0n) is 16.9. The normalized spacial score (nSPS) is 17.8. The molecule has 1 fully saturated rings. The van der Waals surface area contributed by atoms with E-state index in [1.807, 2.05) is 35.2 Å². The number of likely N-dealkylation sites (tertiary alicyclic amines) is 1. The van der Waals surface area contributed by atoms with Gasteiger partial charge in [-0.3, -0.25) is 0 Å². The van der Waals surface area contributed by atoms with E-state index >= 15 is 0 Å². The summed E-state index contributed by atoms with van der Waals surface area (Å²) in [4.78, 5) is 14.4. The number of carbonyl (C=O) groups is 1. The van der Waals surface area contributed by atoms with Gasteiger partial charge in [0.1, 0.15) is 6.61 Å². The average molecular weight is 389 g/mol. The molecule has 4 rings (SSSR count). The first kappa shape index (κ1) is 19.5. The van der Waals surface area contributed by atoms with Gasteiger partial charge in [-0.05, 0) is 41.7 Å². The molecule has 3 aromatic rings. The lowest BCUT2D eigenvalue weighted by Crippen LogP contribution is -2.48. The molecule has 0 bridgehead atoms. The fourth-order valence-corrected chi connectivity index (χ4v) is 4.16. The van der Waals surface area contributed by atoms with Gasteiger partial charge >= 0.3 is 6.09 Å². The molecule has 1 N–H and O–H groups in total. The fraction of sp³-hybridized carbons (Fsp3) is 0.320. The smallest absolute Gasteiger partial charge is 0.410 e.